The van der Waals surface area contributed by atoms with E-state index in [1.54, 1.807) is 20.9 Å². The van der Waals surface area contributed by atoms with Gasteiger partial charge in [0.2, 0.25) is 0 Å². The van der Waals surface area contributed by atoms with E-state index >= 15 is 0 Å². The maximum Gasteiger partial charge on any atom is 0.326 e. The molecule has 0 saturated carbocycles. The zero-order valence-electron chi connectivity index (χ0n) is 12.6. The molecule has 0 aliphatic rings. The van der Waals surface area contributed by atoms with E-state index in [-0.39, 0.29) is 13.2 Å². The van der Waals surface area contributed by atoms with Crippen LogP contribution in [0, 0.1) is 0 Å². The van der Waals surface area contributed by atoms with E-state index in [0.717, 1.165) is 4.47 Å². The van der Waals surface area contributed by atoms with Gasteiger partial charge >= 0.3 is 11.9 Å². The number of hydrogen-bond donors (Lipinski definition) is 0. The maximum atomic E-state index is 12.3. The highest BCUT2D eigenvalue weighted by atomic mass is 79.9. The Bertz CT molecular complexity index is 693. The van der Waals surface area contributed by atoms with Crippen molar-refractivity contribution in [3.63, 3.8) is 0 Å². The summed E-state index contributed by atoms with van der Waals surface area (Å²) in [5.74, 6) is -2.42. The molecule has 0 amide bonds. The molecule has 6 nitrogen and oxygen atoms in total. The second-order valence-corrected chi connectivity index (χ2v) is 5.52. The fourth-order valence-electron chi connectivity index (χ4n) is 2.30. The number of halogens is 1. The van der Waals surface area contributed by atoms with E-state index < -0.39 is 17.9 Å². The van der Waals surface area contributed by atoms with Crippen LogP contribution in [-0.2, 0) is 26.1 Å². The average Bonchev–Trinajstić information content (AvgIpc) is 2.76. The third-order valence-corrected chi connectivity index (χ3v) is 3.65. The topological polar surface area (TPSA) is 70.4 Å². The monoisotopic (exact) mass is 368 g/mol. The lowest BCUT2D eigenvalue weighted by Crippen LogP contribution is -2.28. The van der Waals surface area contributed by atoms with E-state index in [2.05, 4.69) is 21.0 Å². The van der Waals surface area contributed by atoms with Gasteiger partial charge < -0.3 is 9.47 Å². The van der Waals surface area contributed by atoms with Crippen molar-refractivity contribution in [2.75, 3.05) is 13.2 Å². The van der Waals surface area contributed by atoms with Gasteiger partial charge in [0.05, 0.1) is 24.4 Å². The molecular weight excluding hydrogens is 352 g/mol. The van der Waals surface area contributed by atoms with Gasteiger partial charge in [-0.1, -0.05) is 15.9 Å². The number of aromatic nitrogens is 2. The SMILES string of the molecule is CCOC(=O)C(C(=O)OCC)c1c2cc(Br)ccc2nn1C. The number of esters is 2. The Morgan fingerprint density at radius 1 is 1.23 bits per heavy atom. The number of rotatable bonds is 5. The summed E-state index contributed by atoms with van der Waals surface area (Å²) in [5.41, 5.74) is 1.16. The number of carbonyl (C=O) groups excluding carboxylic acids is 2. The molecule has 0 spiro atoms. The number of aryl methyl sites for hydroxylation is 1. The third-order valence-electron chi connectivity index (χ3n) is 3.16. The Kier molecular flexibility index (Phi) is 5.18. The molecule has 0 aliphatic heterocycles. The molecule has 1 aromatic heterocycles. The van der Waals surface area contributed by atoms with Crippen LogP contribution in [-0.4, -0.2) is 34.9 Å². The zero-order valence-corrected chi connectivity index (χ0v) is 14.2. The van der Waals surface area contributed by atoms with Gasteiger partial charge in [0.1, 0.15) is 0 Å². The lowest BCUT2D eigenvalue weighted by molar-refractivity contribution is -0.157. The van der Waals surface area contributed by atoms with Crippen LogP contribution in [0.1, 0.15) is 25.5 Å². The van der Waals surface area contributed by atoms with Gasteiger partial charge in [0.15, 0.2) is 5.92 Å². The highest BCUT2D eigenvalue weighted by Gasteiger charge is 2.35. The first-order chi connectivity index (χ1) is 10.5. The van der Waals surface area contributed by atoms with Gasteiger partial charge in [-0.25, -0.2) is 0 Å². The fraction of sp³-hybridized carbons (Fsp3) is 0.400. The number of carbonyl (C=O) groups is 2. The minimum atomic E-state index is -1.15. The van der Waals surface area contributed by atoms with Crippen molar-refractivity contribution in [1.29, 1.82) is 0 Å². The van der Waals surface area contributed by atoms with Crippen LogP contribution in [0.15, 0.2) is 22.7 Å². The number of ether oxygens (including phenoxy) is 2. The van der Waals surface area contributed by atoms with Gasteiger partial charge in [-0.3, -0.25) is 14.3 Å². The fourth-order valence-corrected chi connectivity index (χ4v) is 2.66. The molecule has 2 rings (SSSR count). The van der Waals surface area contributed by atoms with E-state index in [9.17, 15) is 9.59 Å². The summed E-state index contributed by atoms with van der Waals surface area (Å²) in [6.07, 6.45) is 0. The van der Waals surface area contributed by atoms with Crippen LogP contribution in [0.4, 0.5) is 0 Å². The van der Waals surface area contributed by atoms with Crippen LogP contribution in [0.3, 0.4) is 0 Å². The molecule has 0 atom stereocenters. The van der Waals surface area contributed by atoms with Gasteiger partial charge in [-0.05, 0) is 32.0 Å². The zero-order chi connectivity index (χ0) is 16.3. The van der Waals surface area contributed by atoms with Crippen LogP contribution >= 0.6 is 15.9 Å². The van der Waals surface area contributed by atoms with Crippen LogP contribution in [0.25, 0.3) is 10.9 Å². The quantitative estimate of drug-likeness (QED) is 0.599. The molecule has 0 unspecified atom stereocenters. The van der Waals surface area contributed by atoms with E-state index in [1.165, 1.54) is 4.68 Å². The van der Waals surface area contributed by atoms with Crippen LogP contribution in [0.5, 0.6) is 0 Å². The molecule has 1 aromatic carbocycles. The highest BCUT2D eigenvalue weighted by Crippen LogP contribution is 2.29. The summed E-state index contributed by atoms with van der Waals surface area (Å²) >= 11 is 3.39. The number of fused-ring (bicyclic) bond motifs is 1. The van der Waals surface area contributed by atoms with Gasteiger partial charge in [-0.15, -0.1) is 0 Å². The largest absolute Gasteiger partial charge is 0.465 e. The average molecular weight is 369 g/mol. The van der Waals surface area contributed by atoms with Crippen molar-refractivity contribution < 1.29 is 19.1 Å². The van der Waals surface area contributed by atoms with Crippen molar-refractivity contribution in [2.24, 2.45) is 7.05 Å². The highest BCUT2D eigenvalue weighted by molar-refractivity contribution is 9.10. The summed E-state index contributed by atoms with van der Waals surface area (Å²) in [6.45, 7) is 3.76. The minimum Gasteiger partial charge on any atom is -0.465 e. The van der Waals surface area contributed by atoms with E-state index in [1.807, 2.05) is 18.2 Å². The maximum absolute atomic E-state index is 12.3. The number of nitrogens with zero attached hydrogens (tertiary/aromatic N) is 2. The lowest BCUT2D eigenvalue weighted by Gasteiger charge is -2.15. The van der Waals surface area contributed by atoms with Crippen molar-refractivity contribution in [3.05, 3.63) is 28.4 Å². The van der Waals surface area contributed by atoms with Crippen molar-refractivity contribution >= 4 is 38.8 Å². The molecule has 0 N–H and O–H groups in total. The molecule has 0 fully saturated rings. The Hall–Kier alpha value is -1.89. The summed E-state index contributed by atoms with van der Waals surface area (Å²) in [6, 6.07) is 5.49. The molecule has 22 heavy (non-hydrogen) atoms. The Morgan fingerprint density at radius 2 is 1.82 bits per heavy atom. The van der Waals surface area contributed by atoms with E-state index in [0.29, 0.717) is 16.6 Å². The van der Waals surface area contributed by atoms with Crippen molar-refractivity contribution in [2.45, 2.75) is 19.8 Å². The number of hydrogen-bond acceptors (Lipinski definition) is 5. The molecule has 2 aromatic rings. The first-order valence-corrected chi connectivity index (χ1v) is 7.74. The van der Waals surface area contributed by atoms with Crippen molar-refractivity contribution in [1.82, 2.24) is 9.78 Å². The second-order valence-electron chi connectivity index (χ2n) is 4.61. The Balaban J connectivity index is 2.60. The molecular formula is C15H17BrN2O4. The molecule has 0 saturated heterocycles. The predicted octanol–water partition coefficient (Wildman–Crippen LogP) is 2.55. The molecule has 0 bridgehead atoms. The van der Waals surface area contributed by atoms with Crippen LogP contribution in [0.2, 0.25) is 0 Å². The summed E-state index contributed by atoms with van der Waals surface area (Å²) in [7, 11) is 1.69. The molecule has 118 valence electrons. The molecule has 0 radical (unpaired) electrons. The summed E-state index contributed by atoms with van der Waals surface area (Å²) in [4.78, 5) is 24.5. The Labute approximate surface area is 136 Å². The minimum absolute atomic E-state index is 0.189. The molecule has 1 heterocycles. The first kappa shape index (κ1) is 16.5. The normalized spacial score (nSPS) is 11.0. The summed E-state index contributed by atoms with van der Waals surface area (Å²) in [5, 5.41) is 5.05. The molecule has 0 aliphatic carbocycles. The third kappa shape index (κ3) is 3.14. The lowest BCUT2D eigenvalue weighted by atomic mass is 10.0. The Morgan fingerprint density at radius 3 is 2.36 bits per heavy atom. The smallest absolute Gasteiger partial charge is 0.326 e. The second kappa shape index (κ2) is 6.91. The predicted molar refractivity (Wildman–Crippen MR) is 84.4 cm³/mol. The van der Waals surface area contributed by atoms with Gasteiger partial charge in [-0.2, -0.15) is 5.10 Å². The standard InChI is InChI=1S/C15H17BrN2O4/c1-4-21-14(19)12(15(20)22-5-2)13-10-8-9(16)6-7-11(10)17-18(13)3/h6-8,12H,4-5H2,1-3H3. The first-order valence-electron chi connectivity index (χ1n) is 6.95. The number of benzene rings is 1. The van der Waals surface area contributed by atoms with Gasteiger partial charge in [0.25, 0.3) is 0 Å². The van der Waals surface area contributed by atoms with Crippen molar-refractivity contribution in [3.8, 4) is 0 Å². The van der Waals surface area contributed by atoms with E-state index in [4.69, 9.17) is 9.47 Å². The van der Waals surface area contributed by atoms with Crippen LogP contribution < -0.4 is 0 Å². The molecule has 7 heteroatoms. The summed E-state index contributed by atoms with van der Waals surface area (Å²) < 4.78 is 12.4. The van der Waals surface area contributed by atoms with Gasteiger partial charge in [0, 0.05) is 16.9 Å².